The molecule has 0 fully saturated rings. The largest absolute Gasteiger partial charge is 0.497 e. The van der Waals surface area contributed by atoms with Crippen molar-refractivity contribution < 1.29 is 4.74 Å². The molecule has 1 heterocycles. The lowest BCUT2D eigenvalue weighted by Gasteiger charge is -2.16. The Balaban J connectivity index is 2.35. The van der Waals surface area contributed by atoms with Gasteiger partial charge in [-0.25, -0.2) is 0 Å². The first-order valence-electron chi connectivity index (χ1n) is 6.42. The molecule has 0 amide bonds. The van der Waals surface area contributed by atoms with Crippen LogP contribution in [0.25, 0.3) is 0 Å². The van der Waals surface area contributed by atoms with Crippen LogP contribution in [0.4, 0.5) is 0 Å². The molecule has 1 atom stereocenters. The predicted molar refractivity (Wildman–Crippen MR) is 77.8 cm³/mol. The Hall–Kier alpha value is -1.46. The molecule has 0 saturated heterocycles. The third-order valence-corrected chi connectivity index (χ3v) is 3.88. The standard InChI is InChI=1S/C14H19N3OS/c1-4-6-12-14(19-17-16-12)13(15-2)10-7-5-8-11(9-10)18-3/h5,7-9,13,15H,4,6H2,1-3H3. The SMILES string of the molecule is CCCc1nnsc1C(NC)c1cccc(OC)c1. The number of aromatic nitrogens is 2. The fourth-order valence-electron chi connectivity index (χ4n) is 2.12. The van der Waals surface area contributed by atoms with E-state index < -0.39 is 0 Å². The van der Waals surface area contributed by atoms with E-state index in [1.54, 1.807) is 7.11 Å². The molecule has 2 rings (SSSR count). The molecular formula is C14H19N3OS. The summed E-state index contributed by atoms with van der Waals surface area (Å²) in [5.41, 5.74) is 2.26. The Labute approximate surface area is 118 Å². The van der Waals surface area contributed by atoms with Crippen molar-refractivity contribution in [2.45, 2.75) is 25.8 Å². The van der Waals surface area contributed by atoms with Crippen molar-refractivity contribution in [1.29, 1.82) is 0 Å². The third kappa shape index (κ3) is 3.11. The Bertz CT molecular complexity index is 527. The summed E-state index contributed by atoms with van der Waals surface area (Å²) in [6.07, 6.45) is 2.04. The minimum atomic E-state index is 0.122. The van der Waals surface area contributed by atoms with Gasteiger partial charge < -0.3 is 10.1 Å². The zero-order valence-corrected chi connectivity index (χ0v) is 12.3. The van der Waals surface area contributed by atoms with Crippen LogP contribution in [-0.4, -0.2) is 23.7 Å². The van der Waals surface area contributed by atoms with Gasteiger partial charge in [-0.05, 0) is 42.7 Å². The van der Waals surface area contributed by atoms with Crippen LogP contribution in [-0.2, 0) is 6.42 Å². The topological polar surface area (TPSA) is 47.0 Å². The monoisotopic (exact) mass is 277 g/mol. The highest BCUT2D eigenvalue weighted by Gasteiger charge is 2.19. The summed E-state index contributed by atoms with van der Waals surface area (Å²) < 4.78 is 9.39. The number of methoxy groups -OCH3 is 1. The number of hydrogen-bond donors (Lipinski definition) is 1. The minimum absolute atomic E-state index is 0.122. The number of aryl methyl sites for hydroxylation is 1. The van der Waals surface area contributed by atoms with Gasteiger partial charge in [0.1, 0.15) is 5.75 Å². The summed E-state index contributed by atoms with van der Waals surface area (Å²) in [6, 6.07) is 8.23. The van der Waals surface area contributed by atoms with E-state index in [0.717, 1.165) is 24.3 Å². The highest BCUT2D eigenvalue weighted by Crippen LogP contribution is 2.29. The summed E-state index contributed by atoms with van der Waals surface area (Å²) in [4.78, 5) is 1.19. The number of hydrogen-bond acceptors (Lipinski definition) is 5. The molecule has 5 heteroatoms. The molecular weight excluding hydrogens is 258 g/mol. The number of nitrogens with one attached hydrogen (secondary N) is 1. The second-order valence-corrected chi connectivity index (χ2v) is 5.12. The van der Waals surface area contributed by atoms with E-state index in [0.29, 0.717) is 0 Å². The van der Waals surface area contributed by atoms with Gasteiger partial charge in [-0.1, -0.05) is 30.0 Å². The first kappa shape index (κ1) is 14.0. The van der Waals surface area contributed by atoms with E-state index in [1.807, 2.05) is 19.2 Å². The van der Waals surface area contributed by atoms with Gasteiger partial charge in [0.2, 0.25) is 0 Å². The molecule has 0 spiro atoms. The molecule has 0 aliphatic carbocycles. The number of ether oxygens (including phenoxy) is 1. The second kappa shape index (κ2) is 6.63. The normalized spacial score (nSPS) is 12.4. The molecule has 1 N–H and O–H groups in total. The summed E-state index contributed by atoms with van der Waals surface area (Å²) in [5, 5.41) is 7.59. The van der Waals surface area contributed by atoms with E-state index >= 15 is 0 Å². The zero-order valence-electron chi connectivity index (χ0n) is 11.5. The molecule has 0 saturated carbocycles. The van der Waals surface area contributed by atoms with Crippen molar-refractivity contribution in [3.05, 3.63) is 40.4 Å². The molecule has 1 unspecified atom stereocenters. The lowest BCUT2D eigenvalue weighted by molar-refractivity contribution is 0.414. The highest BCUT2D eigenvalue weighted by atomic mass is 32.1. The maximum absolute atomic E-state index is 5.29. The summed E-state index contributed by atoms with van der Waals surface area (Å²) in [7, 11) is 3.64. The average Bonchev–Trinajstić information content (AvgIpc) is 2.89. The van der Waals surface area contributed by atoms with Crippen LogP contribution >= 0.6 is 11.5 Å². The third-order valence-electron chi connectivity index (χ3n) is 3.05. The van der Waals surface area contributed by atoms with Crippen LogP contribution in [0.3, 0.4) is 0 Å². The maximum Gasteiger partial charge on any atom is 0.119 e. The predicted octanol–water partition coefficient (Wildman–Crippen LogP) is 2.81. The molecule has 1 aromatic carbocycles. The Morgan fingerprint density at radius 1 is 1.42 bits per heavy atom. The van der Waals surface area contributed by atoms with Gasteiger partial charge in [0.05, 0.1) is 23.7 Å². The quantitative estimate of drug-likeness (QED) is 0.882. The second-order valence-electron chi connectivity index (χ2n) is 4.33. The molecule has 2 aromatic rings. The Morgan fingerprint density at radius 2 is 2.26 bits per heavy atom. The minimum Gasteiger partial charge on any atom is -0.497 e. The molecule has 0 bridgehead atoms. The highest BCUT2D eigenvalue weighted by molar-refractivity contribution is 7.05. The van der Waals surface area contributed by atoms with Crippen molar-refractivity contribution in [3.8, 4) is 5.75 Å². The molecule has 102 valence electrons. The molecule has 19 heavy (non-hydrogen) atoms. The van der Waals surface area contributed by atoms with E-state index in [1.165, 1.54) is 22.0 Å². The van der Waals surface area contributed by atoms with E-state index in [9.17, 15) is 0 Å². The van der Waals surface area contributed by atoms with Gasteiger partial charge in [0.25, 0.3) is 0 Å². The molecule has 0 radical (unpaired) electrons. The van der Waals surface area contributed by atoms with Crippen LogP contribution in [0, 0.1) is 0 Å². The Morgan fingerprint density at radius 3 is 2.95 bits per heavy atom. The summed E-state index contributed by atoms with van der Waals surface area (Å²) in [5.74, 6) is 0.868. The van der Waals surface area contributed by atoms with Crippen LogP contribution in [0.2, 0.25) is 0 Å². The molecule has 0 aliphatic heterocycles. The van der Waals surface area contributed by atoms with Crippen molar-refractivity contribution in [1.82, 2.24) is 14.9 Å². The number of benzene rings is 1. The van der Waals surface area contributed by atoms with Gasteiger partial charge in [-0.2, -0.15) is 0 Å². The van der Waals surface area contributed by atoms with Gasteiger partial charge in [-0.3, -0.25) is 0 Å². The van der Waals surface area contributed by atoms with E-state index in [-0.39, 0.29) is 6.04 Å². The van der Waals surface area contributed by atoms with Crippen LogP contribution < -0.4 is 10.1 Å². The molecule has 0 aliphatic rings. The average molecular weight is 277 g/mol. The lowest BCUT2D eigenvalue weighted by atomic mass is 10.0. The summed E-state index contributed by atoms with van der Waals surface area (Å²) in [6.45, 7) is 2.16. The fourth-order valence-corrected chi connectivity index (χ4v) is 2.95. The van der Waals surface area contributed by atoms with Crippen molar-refractivity contribution in [2.24, 2.45) is 0 Å². The van der Waals surface area contributed by atoms with Gasteiger partial charge in [0, 0.05) is 0 Å². The van der Waals surface area contributed by atoms with E-state index in [2.05, 4.69) is 34.0 Å². The zero-order chi connectivity index (χ0) is 13.7. The summed E-state index contributed by atoms with van der Waals surface area (Å²) >= 11 is 1.47. The van der Waals surface area contributed by atoms with Crippen LogP contribution in [0.5, 0.6) is 5.75 Å². The molecule has 4 nitrogen and oxygen atoms in total. The van der Waals surface area contributed by atoms with Crippen LogP contribution in [0.15, 0.2) is 24.3 Å². The first-order chi connectivity index (χ1) is 9.30. The van der Waals surface area contributed by atoms with Crippen molar-refractivity contribution in [3.63, 3.8) is 0 Å². The van der Waals surface area contributed by atoms with Crippen molar-refractivity contribution in [2.75, 3.05) is 14.2 Å². The lowest BCUT2D eigenvalue weighted by Crippen LogP contribution is -2.18. The number of rotatable bonds is 6. The van der Waals surface area contributed by atoms with Gasteiger partial charge >= 0.3 is 0 Å². The van der Waals surface area contributed by atoms with Gasteiger partial charge in [0.15, 0.2) is 0 Å². The number of nitrogens with zero attached hydrogens (tertiary/aromatic N) is 2. The first-order valence-corrected chi connectivity index (χ1v) is 7.19. The maximum atomic E-state index is 5.29. The fraction of sp³-hybridized carbons (Fsp3) is 0.429. The van der Waals surface area contributed by atoms with E-state index in [4.69, 9.17) is 4.74 Å². The van der Waals surface area contributed by atoms with Crippen LogP contribution in [0.1, 0.15) is 35.5 Å². The van der Waals surface area contributed by atoms with Crippen molar-refractivity contribution >= 4 is 11.5 Å². The Kier molecular flexibility index (Phi) is 4.87. The smallest absolute Gasteiger partial charge is 0.119 e. The van der Waals surface area contributed by atoms with Gasteiger partial charge in [-0.15, -0.1) is 5.10 Å². The molecule has 1 aromatic heterocycles.